The summed E-state index contributed by atoms with van der Waals surface area (Å²) in [4.78, 5) is 18.9. The second-order valence-electron chi connectivity index (χ2n) is 7.20. The van der Waals surface area contributed by atoms with Gasteiger partial charge in [0.05, 0.1) is 6.33 Å². The summed E-state index contributed by atoms with van der Waals surface area (Å²) in [6.07, 6.45) is 10.4. The van der Waals surface area contributed by atoms with Gasteiger partial charge in [-0.1, -0.05) is 31.0 Å². The molecule has 0 bridgehead atoms. The average molecular weight is 324 g/mol. The lowest BCUT2D eigenvalue weighted by Gasteiger charge is -2.26. The third-order valence-corrected chi connectivity index (χ3v) is 5.45. The molecule has 1 aromatic carbocycles. The molecule has 1 aliphatic heterocycles. The molecular formula is C19H24N4O. The maximum absolute atomic E-state index is 12.9. The Bertz CT molecular complexity index is 719. The van der Waals surface area contributed by atoms with E-state index in [4.69, 9.17) is 0 Å². The first kappa shape index (κ1) is 15.2. The van der Waals surface area contributed by atoms with Gasteiger partial charge in [0.1, 0.15) is 0 Å². The number of hydrogen-bond acceptors (Lipinski definition) is 2. The fourth-order valence-electron chi connectivity index (χ4n) is 4.34. The molecule has 1 atom stereocenters. The molecule has 1 aromatic heterocycles. The van der Waals surface area contributed by atoms with E-state index in [1.807, 2.05) is 28.7 Å². The van der Waals surface area contributed by atoms with Crippen molar-refractivity contribution in [2.45, 2.75) is 50.6 Å². The zero-order chi connectivity index (χ0) is 16.6. The minimum atomic E-state index is 0.0128. The van der Waals surface area contributed by atoms with Gasteiger partial charge in [-0.3, -0.25) is 4.90 Å². The standard InChI is InChI=1S/C19H24N4O/c1-15(12-22-11-10-20-14-22)21-18(24)23-13-19(8-4-5-9-19)16-6-2-3-7-17(16)23/h2-3,6-7,10-11,14-15H,4-5,8-9,12-13H2,1H3,(H,21,24). The van der Waals surface area contributed by atoms with Gasteiger partial charge in [0.15, 0.2) is 0 Å². The van der Waals surface area contributed by atoms with E-state index in [2.05, 4.69) is 28.5 Å². The molecule has 2 aliphatic rings. The summed E-state index contributed by atoms with van der Waals surface area (Å²) in [5, 5.41) is 3.15. The predicted molar refractivity (Wildman–Crippen MR) is 94.2 cm³/mol. The van der Waals surface area contributed by atoms with Gasteiger partial charge in [-0.15, -0.1) is 0 Å². The van der Waals surface area contributed by atoms with Crippen LogP contribution in [0.3, 0.4) is 0 Å². The van der Waals surface area contributed by atoms with Crippen LogP contribution in [0.1, 0.15) is 38.2 Å². The number of carbonyl (C=O) groups excluding carboxylic acids is 1. The van der Waals surface area contributed by atoms with Crippen molar-refractivity contribution in [3.63, 3.8) is 0 Å². The largest absolute Gasteiger partial charge is 0.335 e. The Balaban J connectivity index is 1.51. The number of fused-ring (bicyclic) bond motifs is 2. The van der Waals surface area contributed by atoms with Crippen LogP contribution >= 0.6 is 0 Å². The van der Waals surface area contributed by atoms with Gasteiger partial charge in [0.2, 0.25) is 0 Å². The lowest BCUT2D eigenvalue weighted by Crippen LogP contribution is -2.46. The Kier molecular flexibility index (Phi) is 3.79. The predicted octanol–water partition coefficient (Wildman–Crippen LogP) is 3.31. The van der Waals surface area contributed by atoms with Crippen molar-refractivity contribution >= 4 is 11.7 Å². The Hall–Kier alpha value is -2.30. The van der Waals surface area contributed by atoms with Crippen LogP contribution in [0.4, 0.5) is 10.5 Å². The molecule has 1 saturated carbocycles. The van der Waals surface area contributed by atoms with Crippen molar-refractivity contribution < 1.29 is 4.79 Å². The van der Waals surface area contributed by atoms with E-state index in [9.17, 15) is 4.79 Å². The van der Waals surface area contributed by atoms with Crippen molar-refractivity contribution in [3.8, 4) is 0 Å². The number of carbonyl (C=O) groups is 1. The summed E-state index contributed by atoms with van der Waals surface area (Å²) in [5.41, 5.74) is 2.63. The lowest BCUT2D eigenvalue weighted by molar-refractivity contribution is 0.241. The minimum absolute atomic E-state index is 0.0128. The van der Waals surface area contributed by atoms with Crippen LogP contribution in [-0.4, -0.2) is 28.2 Å². The minimum Gasteiger partial charge on any atom is -0.335 e. The number of urea groups is 1. The molecule has 0 saturated heterocycles. The third kappa shape index (κ3) is 2.58. The number of para-hydroxylation sites is 1. The van der Waals surface area contributed by atoms with E-state index >= 15 is 0 Å². The molecule has 2 amide bonds. The second kappa shape index (κ2) is 5.96. The van der Waals surface area contributed by atoms with Gasteiger partial charge in [-0.25, -0.2) is 9.78 Å². The van der Waals surface area contributed by atoms with Crippen molar-refractivity contribution in [2.24, 2.45) is 0 Å². The molecular weight excluding hydrogens is 300 g/mol. The highest BCUT2D eigenvalue weighted by atomic mass is 16.2. The fraction of sp³-hybridized carbons (Fsp3) is 0.474. The summed E-state index contributed by atoms with van der Waals surface area (Å²) in [5.74, 6) is 0. The first-order valence-corrected chi connectivity index (χ1v) is 8.81. The van der Waals surface area contributed by atoms with Crippen LogP contribution in [0, 0.1) is 0 Å². The third-order valence-electron chi connectivity index (χ3n) is 5.45. The molecule has 5 nitrogen and oxygen atoms in total. The van der Waals surface area contributed by atoms with Crippen molar-refractivity contribution in [1.29, 1.82) is 0 Å². The van der Waals surface area contributed by atoms with E-state index < -0.39 is 0 Å². The highest BCUT2D eigenvalue weighted by Crippen LogP contribution is 2.50. The zero-order valence-corrected chi connectivity index (χ0v) is 14.1. The number of rotatable bonds is 3. The number of nitrogens with one attached hydrogen (secondary N) is 1. The van der Waals surface area contributed by atoms with Gasteiger partial charge in [-0.2, -0.15) is 0 Å². The van der Waals surface area contributed by atoms with E-state index in [1.165, 1.54) is 31.2 Å². The van der Waals surface area contributed by atoms with Gasteiger partial charge in [0.25, 0.3) is 0 Å². The van der Waals surface area contributed by atoms with E-state index in [0.29, 0.717) is 0 Å². The summed E-state index contributed by atoms with van der Waals surface area (Å²) >= 11 is 0. The van der Waals surface area contributed by atoms with Gasteiger partial charge < -0.3 is 9.88 Å². The molecule has 2 heterocycles. The molecule has 1 aliphatic carbocycles. The van der Waals surface area contributed by atoms with Gasteiger partial charge in [-0.05, 0) is 31.4 Å². The molecule has 4 rings (SSSR count). The maximum atomic E-state index is 12.9. The number of imidazole rings is 1. The molecule has 1 fully saturated rings. The Labute approximate surface area is 142 Å². The number of amides is 2. The zero-order valence-electron chi connectivity index (χ0n) is 14.1. The number of aromatic nitrogens is 2. The first-order valence-electron chi connectivity index (χ1n) is 8.81. The van der Waals surface area contributed by atoms with Crippen LogP contribution < -0.4 is 10.2 Å². The Morgan fingerprint density at radius 3 is 2.88 bits per heavy atom. The molecule has 2 aromatic rings. The highest BCUT2D eigenvalue weighted by molar-refractivity contribution is 5.95. The van der Waals surface area contributed by atoms with E-state index in [-0.39, 0.29) is 17.5 Å². The average Bonchev–Trinajstić information content (AvgIpc) is 3.30. The SMILES string of the molecule is CC(Cn1ccnc1)NC(=O)N1CC2(CCCC2)c2ccccc21. The maximum Gasteiger partial charge on any atom is 0.322 e. The second-order valence-corrected chi connectivity index (χ2v) is 7.20. The van der Waals surface area contributed by atoms with Crippen LogP contribution in [0.2, 0.25) is 0 Å². The molecule has 1 N–H and O–H groups in total. The number of anilines is 1. The molecule has 0 radical (unpaired) electrons. The van der Waals surface area contributed by atoms with Gasteiger partial charge >= 0.3 is 6.03 Å². The molecule has 126 valence electrons. The van der Waals surface area contributed by atoms with Gasteiger partial charge in [0, 0.05) is 42.6 Å². The van der Waals surface area contributed by atoms with Crippen LogP contribution in [-0.2, 0) is 12.0 Å². The number of nitrogens with zero attached hydrogens (tertiary/aromatic N) is 3. The quantitative estimate of drug-likeness (QED) is 0.941. The first-order chi connectivity index (χ1) is 11.7. The molecule has 24 heavy (non-hydrogen) atoms. The summed E-state index contributed by atoms with van der Waals surface area (Å²) in [7, 11) is 0. The molecule has 5 heteroatoms. The summed E-state index contributed by atoms with van der Waals surface area (Å²) in [6, 6.07) is 8.49. The van der Waals surface area contributed by atoms with Crippen LogP contribution in [0.25, 0.3) is 0 Å². The molecule has 1 spiro atoms. The Morgan fingerprint density at radius 2 is 2.12 bits per heavy atom. The monoisotopic (exact) mass is 324 g/mol. The Morgan fingerprint density at radius 1 is 1.33 bits per heavy atom. The highest BCUT2D eigenvalue weighted by Gasteiger charge is 2.46. The van der Waals surface area contributed by atoms with Crippen molar-refractivity contribution in [3.05, 3.63) is 48.5 Å². The fourth-order valence-corrected chi connectivity index (χ4v) is 4.34. The topological polar surface area (TPSA) is 50.2 Å². The van der Waals surface area contributed by atoms with E-state index in [0.717, 1.165) is 18.8 Å². The van der Waals surface area contributed by atoms with Crippen LogP contribution in [0.5, 0.6) is 0 Å². The van der Waals surface area contributed by atoms with Crippen molar-refractivity contribution in [1.82, 2.24) is 14.9 Å². The lowest BCUT2D eigenvalue weighted by atomic mass is 9.81. The smallest absolute Gasteiger partial charge is 0.322 e. The molecule has 1 unspecified atom stereocenters. The normalized spacial score (nSPS) is 19.5. The van der Waals surface area contributed by atoms with E-state index in [1.54, 1.807) is 12.5 Å². The van der Waals surface area contributed by atoms with Crippen molar-refractivity contribution in [2.75, 3.05) is 11.4 Å². The van der Waals surface area contributed by atoms with Crippen LogP contribution in [0.15, 0.2) is 43.0 Å². The number of benzene rings is 1. The summed E-state index contributed by atoms with van der Waals surface area (Å²) < 4.78 is 1.99. The number of hydrogen-bond donors (Lipinski definition) is 1. The summed E-state index contributed by atoms with van der Waals surface area (Å²) in [6.45, 7) is 3.58.